The van der Waals surface area contributed by atoms with E-state index in [2.05, 4.69) is 26.3 Å². The van der Waals surface area contributed by atoms with Gasteiger partial charge in [-0.05, 0) is 67.1 Å². The molecular weight excluding hydrogens is 440 g/mol. The van der Waals surface area contributed by atoms with Crippen LogP contribution in [0.1, 0.15) is 56.2 Å². The zero-order valence-corrected chi connectivity index (χ0v) is 19.3. The Balaban J connectivity index is 1.26. The molecule has 3 N–H and O–H groups in total. The summed E-state index contributed by atoms with van der Waals surface area (Å²) in [6.07, 6.45) is 4.92. The zero-order chi connectivity index (χ0) is 24.4. The van der Waals surface area contributed by atoms with Crippen LogP contribution >= 0.6 is 0 Å². The molecule has 0 aliphatic carbocycles. The lowest BCUT2D eigenvalue weighted by Gasteiger charge is -2.32. The molecule has 0 atom stereocenters. The molecule has 0 spiro atoms. The van der Waals surface area contributed by atoms with Crippen molar-refractivity contribution in [1.82, 2.24) is 14.9 Å². The number of rotatable bonds is 4. The van der Waals surface area contributed by atoms with Crippen LogP contribution < -0.4 is 10.3 Å². The number of hydrogen-bond donors (Lipinski definition) is 2. The number of carbonyl (C=O) groups is 2. The molecule has 2 amide bonds. The van der Waals surface area contributed by atoms with Crippen molar-refractivity contribution in [1.29, 1.82) is 5.26 Å². The van der Waals surface area contributed by atoms with Gasteiger partial charge in [-0.15, -0.1) is 4.98 Å². The van der Waals surface area contributed by atoms with Gasteiger partial charge in [0.05, 0.1) is 17.2 Å². The van der Waals surface area contributed by atoms with Crippen molar-refractivity contribution in [3.63, 3.8) is 0 Å². The van der Waals surface area contributed by atoms with Gasteiger partial charge in [0.2, 0.25) is 0 Å². The third-order valence-electron chi connectivity index (χ3n) is 6.61. The van der Waals surface area contributed by atoms with Crippen LogP contribution in [0.3, 0.4) is 0 Å². The molecule has 0 bridgehead atoms. The number of likely N-dealkylation sites (tertiary alicyclic amines) is 1. The molecule has 8 nitrogen and oxygen atoms in total. The quantitative estimate of drug-likeness (QED) is 0.476. The van der Waals surface area contributed by atoms with E-state index >= 15 is 0 Å². The summed E-state index contributed by atoms with van der Waals surface area (Å²) in [6, 6.07) is 17.0. The van der Waals surface area contributed by atoms with Gasteiger partial charge in [0, 0.05) is 24.3 Å². The number of amides is 2. The second-order valence-electron chi connectivity index (χ2n) is 8.84. The minimum atomic E-state index is -0.287. The van der Waals surface area contributed by atoms with Crippen LogP contribution in [0.15, 0.2) is 61.1 Å². The Morgan fingerprint density at radius 2 is 1.89 bits per heavy atom. The Morgan fingerprint density at radius 3 is 2.63 bits per heavy atom. The Kier molecular flexibility index (Phi) is 5.98. The van der Waals surface area contributed by atoms with Gasteiger partial charge >= 0.3 is 0 Å². The molecule has 8 heteroatoms. The van der Waals surface area contributed by atoms with Crippen LogP contribution in [-0.4, -0.2) is 39.8 Å². The fourth-order valence-corrected chi connectivity index (χ4v) is 4.51. The van der Waals surface area contributed by atoms with Gasteiger partial charge in [-0.3, -0.25) is 14.6 Å². The molecule has 0 saturated carbocycles. The minimum absolute atomic E-state index is 0.0382. The molecule has 0 radical (unpaired) electrons. The zero-order valence-electron chi connectivity index (χ0n) is 19.3. The standard InChI is InChI=1S/C27H24N6O2/c1-17-2-5-21(12-23(17)32-26(34)22-13-24-25(29-15-22)31-16-30-24)27(35)33-10-8-20(9-11-33)19-6-3-18(14-28)4-7-19/h2-7,12-13,15-16,20H,8-11H2,1H3,(H,32,34)(H,29,30,31)/p+1. The number of aromatic nitrogens is 3. The number of aromatic amines is 2. The Morgan fingerprint density at radius 1 is 1.11 bits per heavy atom. The largest absolute Gasteiger partial charge is 0.339 e. The third-order valence-corrected chi connectivity index (χ3v) is 6.61. The number of benzene rings is 2. The Hall–Kier alpha value is -4.51. The van der Waals surface area contributed by atoms with Crippen molar-refractivity contribution in [3.8, 4) is 6.07 Å². The van der Waals surface area contributed by atoms with E-state index in [4.69, 9.17) is 5.26 Å². The number of nitrogens with one attached hydrogen (secondary N) is 3. The summed E-state index contributed by atoms with van der Waals surface area (Å²) in [4.78, 5) is 38.1. The number of hydrogen-bond acceptors (Lipinski definition) is 4. The van der Waals surface area contributed by atoms with Gasteiger partial charge < -0.3 is 10.2 Å². The maximum atomic E-state index is 13.2. The molecule has 2 aromatic heterocycles. The first-order chi connectivity index (χ1) is 17.0. The number of nitriles is 1. The molecular formula is C27H25N6O2+. The first kappa shape index (κ1) is 22.3. The predicted molar refractivity (Wildman–Crippen MR) is 131 cm³/mol. The lowest BCUT2D eigenvalue weighted by Crippen LogP contribution is -2.38. The molecule has 5 rings (SSSR count). The maximum absolute atomic E-state index is 13.2. The van der Waals surface area contributed by atoms with E-state index in [-0.39, 0.29) is 11.8 Å². The average molecular weight is 466 g/mol. The summed E-state index contributed by atoms with van der Waals surface area (Å²) >= 11 is 0. The molecule has 174 valence electrons. The van der Waals surface area contributed by atoms with Crippen LogP contribution in [0.2, 0.25) is 0 Å². The number of pyridine rings is 1. The van der Waals surface area contributed by atoms with Crippen LogP contribution in [0, 0.1) is 18.3 Å². The highest BCUT2D eigenvalue weighted by atomic mass is 16.2. The third kappa shape index (κ3) is 4.62. The molecule has 4 aromatic rings. The first-order valence-electron chi connectivity index (χ1n) is 11.6. The van der Waals surface area contributed by atoms with Crippen molar-refractivity contribution >= 4 is 28.7 Å². The highest BCUT2D eigenvalue weighted by Crippen LogP contribution is 2.29. The molecule has 1 saturated heterocycles. The number of nitrogens with zero attached hydrogens (tertiary/aromatic N) is 3. The summed E-state index contributed by atoms with van der Waals surface area (Å²) in [5, 5.41) is 11.9. The molecule has 3 heterocycles. The van der Waals surface area contributed by atoms with Crippen molar-refractivity contribution < 1.29 is 14.6 Å². The predicted octanol–water partition coefficient (Wildman–Crippen LogP) is 3.83. The van der Waals surface area contributed by atoms with E-state index < -0.39 is 0 Å². The second-order valence-corrected chi connectivity index (χ2v) is 8.84. The van der Waals surface area contributed by atoms with Crippen molar-refractivity contribution in [2.45, 2.75) is 25.7 Å². The molecule has 0 unspecified atom stereocenters. The lowest BCUT2D eigenvalue weighted by atomic mass is 9.89. The fourth-order valence-electron chi connectivity index (χ4n) is 4.51. The normalized spacial score (nSPS) is 14.0. The fraction of sp³-hybridized carbons (Fsp3) is 0.222. The van der Waals surface area contributed by atoms with Gasteiger partial charge in [-0.25, -0.2) is 4.98 Å². The second kappa shape index (κ2) is 9.39. The van der Waals surface area contributed by atoms with Crippen LogP contribution in [-0.2, 0) is 0 Å². The number of piperidine rings is 1. The molecule has 35 heavy (non-hydrogen) atoms. The summed E-state index contributed by atoms with van der Waals surface area (Å²) < 4.78 is 0. The van der Waals surface area contributed by atoms with E-state index in [1.165, 1.54) is 11.8 Å². The van der Waals surface area contributed by atoms with Crippen molar-refractivity contribution in [2.75, 3.05) is 18.4 Å². The topological polar surface area (TPSA) is 116 Å². The maximum Gasteiger partial charge on any atom is 0.299 e. The van der Waals surface area contributed by atoms with Gasteiger partial charge in [0.25, 0.3) is 17.5 Å². The van der Waals surface area contributed by atoms with E-state index in [1.807, 2.05) is 48.2 Å². The van der Waals surface area contributed by atoms with E-state index in [0.29, 0.717) is 47.0 Å². The van der Waals surface area contributed by atoms with Gasteiger partial charge in [0.15, 0.2) is 11.8 Å². The van der Waals surface area contributed by atoms with E-state index in [1.54, 1.807) is 18.5 Å². The van der Waals surface area contributed by atoms with Gasteiger partial charge in [0.1, 0.15) is 6.20 Å². The number of fused-ring (bicyclic) bond motifs is 1. The lowest BCUT2D eigenvalue weighted by molar-refractivity contribution is -0.347. The number of H-pyrrole nitrogens is 2. The Labute approximate surface area is 202 Å². The van der Waals surface area contributed by atoms with Crippen molar-refractivity contribution in [3.05, 3.63) is 88.9 Å². The summed E-state index contributed by atoms with van der Waals surface area (Å²) in [7, 11) is 0. The van der Waals surface area contributed by atoms with Crippen LogP contribution in [0.5, 0.6) is 0 Å². The highest BCUT2D eigenvalue weighted by molar-refractivity contribution is 6.06. The first-order valence-corrected chi connectivity index (χ1v) is 11.6. The monoisotopic (exact) mass is 465 g/mol. The van der Waals surface area contributed by atoms with Gasteiger partial charge in [-0.1, -0.05) is 18.2 Å². The summed E-state index contributed by atoms with van der Waals surface area (Å²) in [5.74, 6) is 0.0524. The number of aryl methyl sites for hydroxylation is 1. The van der Waals surface area contributed by atoms with E-state index in [0.717, 1.165) is 23.9 Å². The summed E-state index contributed by atoms with van der Waals surface area (Å²) in [5.41, 5.74) is 5.73. The van der Waals surface area contributed by atoms with E-state index in [9.17, 15) is 9.59 Å². The molecule has 1 aliphatic rings. The van der Waals surface area contributed by atoms with Gasteiger partial charge in [-0.2, -0.15) is 5.26 Å². The van der Waals surface area contributed by atoms with Crippen LogP contribution in [0.4, 0.5) is 5.69 Å². The smallest absolute Gasteiger partial charge is 0.299 e. The SMILES string of the molecule is Cc1ccc(C(=O)N2CCC(c3ccc(C#N)cc3)CC2)cc1NC(=O)c1cnc2[nH+]c[nH]c2c1. The molecule has 1 fully saturated rings. The molecule has 1 aliphatic heterocycles. The summed E-state index contributed by atoms with van der Waals surface area (Å²) in [6.45, 7) is 3.23. The number of imidazole rings is 1. The highest BCUT2D eigenvalue weighted by Gasteiger charge is 2.25. The average Bonchev–Trinajstić information content (AvgIpc) is 3.38. The number of carbonyl (C=O) groups excluding carboxylic acids is 2. The van der Waals surface area contributed by atoms with Crippen molar-refractivity contribution in [2.24, 2.45) is 0 Å². The van der Waals surface area contributed by atoms with Crippen LogP contribution in [0.25, 0.3) is 11.2 Å². The molecule has 2 aromatic carbocycles. The Bertz CT molecular complexity index is 1440. The minimum Gasteiger partial charge on any atom is -0.339 e. The number of anilines is 1.